The summed E-state index contributed by atoms with van der Waals surface area (Å²) in [5, 5.41) is 0. The van der Waals surface area contributed by atoms with Gasteiger partial charge in [0.2, 0.25) is 0 Å². The van der Waals surface area contributed by atoms with Crippen LogP contribution in [0.3, 0.4) is 0 Å². The molecule has 0 N–H and O–H groups in total. The number of piperazine rings is 1. The fourth-order valence-corrected chi connectivity index (χ4v) is 3.78. The van der Waals surface area contributed by atoms with Crippen LogP contribution < -0.4 is 9.47 Å². The van der Waals surface area contributed by atoms with Crippen LogP contribution in [0.4, 0.5) is 0 Å². The van der Waals surface area contributed by atoms with E-state index in [1.54, 1.807) is 34.3 Å². The lowest BCUT2D eigenvalue weighted by atomic mass is 10.1. The van der Waals surface area contributed by atoms with Gasteiger partial charge in [-0.1, -0.05) is 6.07 Å². The number of rotatable bonds is 4. The molecule has 0 saturated carbocycles. The van der Waals surface area contributed by atoms with Crippen molar-refractivity contribution in [3.63, 3.8) is 0 Å². The summed E-state index contributed by atoms with van der Waals surface area (Å²) in [5.74, 6) is 0.735. The molecule has 1 aromatic heterocycles. The Labute approximate surface area is 174 Å². The van der Waals surface area contributed by atoms with Crippen molar-refractivity contribution in [2.75, 3.05) is 40.4 Å². The van der Waals surface area contributed by atoms with Crippen LogP contribution in [-0.2, 0) is 7.05 Å². The Kier molecular flexibility index (Phi) is 5.31. The van der Waals surface area contributed by atoms with Crippen molar-refractivity contribution in [2.45, 2.75) is 0 Å². The van der Waals surface area contributed by atoms with Crippen LogP contribution in [0.15, 0.2) is 42.7 Å². The second kappa shape index (κ2) is 8.06. The first-order valence-corrected chi connectivity index (χ1v) is 9.74. The third-order valence-corrected chi connectivity index (χ3v) is 5.47. The fraction of sp³-hybridized carbons (Fsp3) is 0.318. The number of imidazole rings is 1. The molecule has 0 unspecified atom stereocenters. The van der Waals surface area contributed by atoms with Gasteiger partial charge in [0.25, 0.3) is 11.8 Å². The molecule has 30 heavy (non-hydrogen) atoms. The third-order valence-electron chi connectivity index (χ3n) is 5.47. The molecule has 8 nitrogen and oxygen atoms in total. The second-order valence-electron chi connectivity index (χ2n) is 7.18. The van der Waals surface area contributed by atoms with Gasteiger partial charge in [-0.3, -0.25) is 9.59 Å². The SMILES string of the molecule is COc1cccc(OC)c1C(=O)N1CCN(C(=O)c2ccc3c(c2)ncn3C)CC1. The molecule has 3 aromatic rings. The van der Waals surface area contributed by atoms with E-state index in [1.165, 1.54) is 14.2 Å². The first kappa shape index (κ1) is 19.8. The lowest BCUT2D eigenvalue weighted by molar-refractivity contribution is 0.0531. The quantitative estimate of drug-likeness (QED) is 0.661. The van der Waals surface area contributed by atoms with E-state index >= 15 is 0 Å². The molecule has 156 valence electrons. The normalized spacial score (nSPS) is 14.1. The topological polar surface area (TPSA) is 76.9 Å². The Morgan fingerprint density at radius 2 is 1.50 bits per heavy atom. The van der Waals surface area contributed by atoms with E-state index in [0.29, 0.717) is 48.8 Å². The molecule has 0 bridgehead atoms. The van der Waals surface area contributed by atoms with Crippen LogP contribution in [0, 0.1) is 0 Å². The van der Waals surface area contributed by atoms with Gasteiger partial charge < -0.3 is 23.8 Å². The maximum absolute atomic E-state index is 13.1. The number of carbonyl (C=O) groups is 2. The van der Waals surface area contributed by atoms with Crippen molar-refractivity contribution in [1.82, 2.24) is 19.4 Å². The standard InChI is InChI=1S/C22H24N4O4/c1-24-14-23-16-13-15(7-8-17(16)24)21(27)25-9-11-26(12-10-25)22(28)20-18(29-2)5-4-6-19(20)30-3/h4-8,13-14H,9-12H2,1-3H3. The van der Waals surface area contributed by atoms with E-state index in [-0.39, 0.29) is 11.8 Å². The number of fused-ring (bicyclic) bond motifs is 1. The summed E-state index contributed by atoms with van der Waals surface area (Å²) in [7, 11) is 4.98. The number of amides is 2. The molecule has 4 rings (SSSR count). The van der Waals surface area contributed by atoms with E-state index in [0.717, 1.165) is 11.0 Å². The Balaban J connectivity index is 1.47. The van der Waals surface area contributed by atoms with Gasteiger partial charge in [-0.25, -0.2) is 4.98 Å². The van der Waals surface area contributed by atoms with Gasteiger partial charge in [0.05, 0.1) is 31.6 Å². The van der Waals surface area contributed by atoms with E-state index in [4.69, 9.17) is 9.47 Å². The van der Waals surface area contributed by atoms with Gasteiger partial charge in [0.15, 0.2) is 0 Å². The van der Waals surface area contributed by atoms with Crippen LogP contribution in [0.25, 0.3) is 11.0 Å². The molecule has 2 amide bonds. The highest BCUT2D eigenvalue weighted by atomic mass is 16.5. The van der Waals surface area contributed by atoms with Gasteiger partial charge >= 0.3 is 0 Å². The van der Waals surface area contributed by atoms with E-state index in [9.17, 15) is 9.59 Å². The number of hydrogen-bond acceptors (Lipinski definition) is 5. The lowest BCUT2D eigenvalue weighted by Gasteiger charge is -2.35. The Morgan fingerprint density at radius 1 is 0.900 bits per heavy atom. The number of hydrogen-bond donors (Lipinski definition) is 0. The second-order valence-corrected chi connectivity index (χ2v) is 7.18. The van der Waals surface area contributed by atoms with Crippen LogP contribution in [0.2, 0.25) is 0 Å². The Bertz CT molecular complexity index is 1080. The lowest BCUT2D eigenvalue weighted by Crippen LogP contribution is -2.50. The number of aromatic nitrogens is 2. The molecule has 0 spiro atoms. The molecular weight excluding hydrogens is 384 g/mol. The molecule has 1 saturated heterocycles. The third kappa shape index (κ3) is 3.45. The molecule has 1 aliphatic rings. The number of carbonyl (C=O) groups excluding carboxylic acids is 2. The maximum atomic E-state index is 13.1. The van der Waals surface area contributed by atoms with E-state index in [1.807, 2.05) is 29.8 Å². The van der Waals surface area contributed by atoms with Gasteiger partial charge in [0, 0.05) is 38.8 Å². The molecule has 1 aliphatic heterocycles. The van der Waals surface area contributed by atoms with Crippen molar-refractivity contribution >= 4 is 22.8 Å². The number of ether oxygens (including phenoxy) is 2. The minimum atomic E-state index is -0.161. The van der Waals surface area contributed by atoms with Gasteiger partial charge in [-0.15, -0.1) is 0 Å². The number of nitrogens with zero attached hydrogens (tertiary/aromatic N) is 4. The molecule has 0 radical (unpaired) electrons. The average Bonchev–Trinajstić information content (AvgIpc) is 3.17. The molecule has 0 atom stereocenters. The van der Waals surface area contributed by atoms with Crippen LogP contribution >= 0.6 is 0 Å². The van der Waals surface area contributed by atoms with Gasteiger partial charge in [-0.2, -0.15) is 0 Å². The first-order chi connectivity index (χ1) is 14.5. The summed E-state index contributed by atoms with van der Waals surface area (Å²) < 4.78 is 12.6. The van der Waals surface area contributed by atoms with E-state index in [2.05, 4.69) is 4.98 Å². The Morgan fingerprint density at radius 3 is 2.10 bits per heavy atom. The molecule has 1 fully saturated rings. The Hall–Kier alpha value is -3.55. The summed E-state index contributed by atoms with van der Waals surface area (Å²) in [6.07, 6.45) is 1.73. The van der Waals surface area contributed by atoms with Crippen molar-refractivity contribution in [3.8, 4) is 11.5 Å². The molecule has 8 heteroatoms. The summed E-state index contributed by atoms with van der Waals surface area (Å²) in [6.45, 7) is 1.81. The van der Waals surface area contributed by atoms with Crippen molar-refractivity contribution in [3.05, 3.63) is 53.9 Å². The maximum Gasteiger partial charge on any atom is 0.261 e. The zero-order valence-corrected chi connectivity index (χ0v) is 17.3. The minimum Gasteiger partial charge on any atom is -0.496 e. The predicted molar refractivity (Wildman–Crippen MR) is 112 cm³/mol. The largest absolute Gasteiger partial charge is 0.496 e. The predicted octanol–water partition coefficient (Wildman–Crippen LogP) is 2.19. The molecule has 2 aromatic carbocycles. The van der Waals surface area contributed by atoms with E-state index < -0.39 is 0 Å². The van der Waals surface area contributed by atoms with Crippen molar-refractivity contribution < 1.29 is 19.1 Å². The average molecular weight is 408 g/mol. The zero-order valence-electron chi connectivity index (χ0n) is 17.3. The zero-order chi connectivity index (χ0) is 21.3. The molecule has 0 aliphatic carbocycles. The summed E-state index contributed by atoms with van der Waals surface area (Å²) in [4.78, 5) is 33.9. The highest BCUT2D eigenvalue weighted by molar-refractivity contribution is 6.00. The van der Waals surface area contributed by atoms with Crippen LogP contribution in [0.1, 0.15) is 20.7 Å². The number of aryl methyl sites for hydroxylation is 1. The smallest absolute Gasteiger partial charge is 0.261 e. The highest BCUT2D eigenvalue weighted by Gasteiger charge is 2.29. The monoisotopic (exact) mass is 408 g/mol. The minimum absolute atomic E-state index is 0.0514. The highest BCUT2D eigenvalue weighted by Crippen LogP contribution is 2.30. The summed E-state index contributed by atoms with van der Waals surface area (Å²) in [5.41, 5.74) is 2.78. The van der Waals surface area contributed by atoms with Crippen LogP contribution in [0.5, 0.6) is 11.5 Å². The first-order valence-electron chi connectivity index (χ1n) is 9.74. The molecular formula is C22H24N4O4. The number of methoxy groups -OCH3 is 2. The molecule has 2 heterocycles. The number of benzene rings is 2. The fourth-order valence-electron chi connectivity index (χ4n) is 3.78. The van der Waals surface area contributed by atoms with Crippen molar-refractivity contribution in [2.24, 2.45) is 7.05 Å². The van der Waals surface area contributed by atoms with Crippen LogP contribution in [-0.4, -0.2) is 71.6 Å². The van der Waals surface area contributed by atoms with Crippen molar-refractivity contribution in [1.29, 1.82) is 0 Å². The van der Waals surface area contributed by atoms with Gasteiger partial charge in [0.1, 0.15) is 17.1 Å². The summed E-state index contributed by atoms with van der Waals surface area (Å²) >= 11 is 0. The summed E-state index contributed by atoms with van der Waals surface area (Å²) in [6, 6.07) is 10.8. The van der Waals surface area contributed by atoms with Gasteiger partial charge in [-0.05, 0) is 30.3 Å².